The molecule has 9 heteroatoms. The maximum absolute atomic E-state index is 12.8. The minimum absolute atomic E-state index is 0.0229. The van der Waals surface area contributed by atoms with Crippen LogP contribution in [-0.2, 0) is 20.0 Å². The lowest BCUT2D eigenvalue weighted by Gasteiger charge is -2.17. The van der Waals surface area contributed by atoms with Crippen LogP contribution < -0.4 is 9.46 Å². The summed E-state index contributed by atoms with van der Waals surface area (Å²) in [5.41, 5.74) is 0. The lowest BCUT2D eigenvalue weighted by molar-refractivity contribution is 0.194. The van der Waals surface area contributed by atoms with Gasteiger partial charge in [-0.2, -0.15) is 4.31 Å². The number of hydrogen-bond donors (Lipinski definition) is 1. The Hall–Kier alpha value is -1.94. The molecule has 0 aromatic heterocycles. The lowest BCUT2D eigenvalue weighted by atomic mass is 10.2. The Bertz CT molecular complexity index is 1010. The third kappa shape index (κ3) is 2.82. The molecule has 2 aromatic carbocycles. The Morgan fingerprint density at radius 2 is 1.68 bits per heavy atom. The molecule has 0 amide bonds. The van der Waals surface area contributed by atoms with Crippen LogP contribution in [0, 0.1) is 0 Å². The van der Waals surface area contributed by atoms with Crippen LogP contribution in [0.4, 0.5) is 0 Å². The van der Waals surface area contributed by atoms with Crippen molar-refractivity contribution < 1.29 is 21.6 Å². The topological polar surface area (TPSA) is 92.8 Å². The Kier molecular flexibility index (Phi) is 3.84. The lowest BCUT2D eigenvalue weighted by Crippen LogP contribution is -2.42. The average Bonchev–Trinajstić information content (AvgIpc) is 2.94. The predicted octanol–water partition coefficient (Wildman–Crippen LogP) is 0.799. The van der Waals surface area contributed by atoms with Gasteiger partial charge in [-0.15, -0.1) is 0 Å². The highest BCUT2D eigenvalue weighted by molar-refractivity contribution is 7.89. The summed E-state index contributed by atoms with van der Waals surface area (Å²) in [6, 6.07) is 13.8. The summed E-state index contributed by atoms with van der Waals surface area (Å²) in [6.45, 7) is 0.105. The van der Waals surface area contributed by atoms with E-state index in [9.17, 15) is 16.8 Å². The molecule has 2 atom stereocenters. The van der Waals surface area contributed by atoms with Crippen molar-refractivity contribution in [3.63, 3.8) is 0 Å². The summed E-state index contributed by atoms with van der Waals surface area (Å²) in [5.74, 6) is 0.237. The fourth-order valence-electron chi connectivity index (χ4n) is 3.11. The van der Waals surface area contributed by atoms with Gasteiger partial charge in [-0.3, -0.25) is 0 Å². The second kappa shape index (κ2) is 5.80. The van der Waals surface area contributed by atoms with Gasteiger partial charge in [0.05, 0.1) is 17.5 Å². The van der Waals surface area contributed by atoms with E-state index >= 15 is 0 Å². The second-order valence-electron chi connectivity index (χ2n) is 5.97. The van der Waals surface area contributed by atoms with Crippen molar-refractivity contribution >= 4 is 20.0 Å². The van der Waals surface area contributed by atoms with E-state index in [1.54, 1.807) is 36.4 Å². The number of hydrogen-bond acceptors (Lipinski definition) is 5. The standard InChI is InChI=1S/C16H16N2O5S2/c19-24(20)16-9-5-4-8-14(16)23-15-11-18(10-13(15)17-24)25(21,22)12-6-2-1-3-7-12/h1-9,13,15,17H,10-11H2/t13-,15+/m1/s1. The summed E-state index contributed by atoms with van der Waals surface area (Å²) in [4.78, 5) is 0.247. The van der Waals surface area contributed by atoms with Gasteiger partial charge in [0.25, 0.3) is 0 Å². The van der Waals surface area contributed by atoms with Gasteiger partial charge in [-0.05, 0) is 24.3 Å². The van der Waals surface area contributed by atoms with Gasteiger partial charge in [-0.1, -0.05) is 30.3 Å². The number of nitrogens with zero attached hydrogens (tertiary/aromatic N) is 1. The van der Waals surface area contributed by atoms with Crippen molar-refractivity contribution in [3.8, 4) is 5.75 Å². The molecule has 2 heterocycles. The van der Waals surface area contributed by atoms with E-state index in [1.165, 1.54) is 22.5 Å². The molecule has 25 heavy (non-hydrogen) atoms. The minimum atomic E-state index is -3.76. The number of ether oxygens (including phenoxy) is 1. The highest BCUT2D eigenvalue weighted by Gasteiger charge is 2.45. The zero-order valence-electron chi connectivity index (χ0n) is 13.1. The van der Waals surface area contributed by atoms with Crippen LogP contribution in [0.5, 0.6) is 5.75 Å². The van der Waals surface area contributed by atoms with E-state index in [0.29, 0.717) is 0 Å². The summed E-state index contributed by atoms with van der Waals surface area (Å²) in [6.07, 6.45) is -0.586. The van der Waals surface area contributed by atoms with Crippen molar-refractivity contribution in [1.29, 1.82) is 0 Å². The van der Waals surface area contributed by atoms with Crippen LogP contribution >= 0.6 is 0 Å². The van der Waals surface area contributed by atoms with Crippen LogP contribution in [0.2, 0.25) is 0 Å². The van der Waals surface area contributed by atoms with Gasteiger partial charge in [0, 0.05) is 6.54 Å². The summed E-state index contributed by atoms with van der Waals surface area (Å²) in [7, 11) is -7.47. The van der Waals surface area contributed by atoms with Crippen molar-refractivity contribution in [2.75, 3.05) is 13.1 Å². The third-order valence-electron chi connectivity index (χ3n) is 4.34. The molecule has 4 rings (SSSR count). The fraction of sp³-hybridized carbons (Fsp3) is 0.250. The molecule has 1 fully saturated rings. The van der Waals surface area contributed by atoms with Crippen LogP contribution in [-0.4, -0.2) is 46.4 Å². The first-order chi connectivity index (χ1) is 11.9. The molecule has 1 N–H and O–H groups in total. The van der Waals surface area contributed by atoms with E-state index in [1.807, 2.05) is 0 Å². The van der Waals surface area contributed by atoms with E-state index in [4.69, 9.17) is 4.74 Å². The van der Waals surface area contributed by atoms with Crippen LogP contribution in [0.3, 0.4) is 0 Å². The van der Waals surface area contributed by atoms with Crippen molar-refractivity contribution in [3.05, 3.63) is 54.6 Å². The smallest absolute Gasteiger partial charge is 0.244 e. The normalized spacial score (nSPS) is 25.4. The SMILES string of the molecule is O=S1(=O)N[C@@H]2CN(S(=O)(=O)c3ccccc3)C[C@@H]2Oc2ccccc21. The van der Waals surface area contributed by atoms with E-state index < -0.39 is 32.2 Å². The molecule has 0 saturated carbocycles. The van der Waals surface area contributed by atoms with Crippen molar-refractivity contribution in [2.24, 2.45) is 0 Å². The maximum Gasteiger partial charge on any atom is 0.244 e. The zero-order chi connectivity index (χ0) is 17.7. The number of fused-ring (bicyclic) bond motifs is 2. The Morgan fingerprint density at radius 3 is 2.44 bits per heavy atom. The van der Waals surface area contributed by atoms with E-state index in [2.05, 4.69) is 4.72 Å². The van der Waals surface area contributed by atoms with Gasteiger partial charge in [-0.25, -0.2) is 21.6 Å². The summed E-state index contributed by atoms with van der Waals surface area (Å²) in [5, 5.41) is 0. The predicted molar refractivity (Wildman–Crippen MR) is 90.2 cm³/mol. The Balaban J connectivity index is 1.67. The highest BCUT2D eigenvalue weighted by atomic mass is 32.2. The molecule has 2 aliphatic heterocycles. The maximum atomic E-state index is 12.8. The number of nitrogens with one attached hydrogen (secondary N) is 1. The van der Waals surface area contributed by atoms with E-state index in [-0.39, 0.29) is 28.6 Å². The largest absolute Gasteiger partial charge is 0.486 e. The summed E-state index contributed by atoms with van der Waals surface area (Å²) < 4.78 is 60.2. The molecular weight excluding hydrogens is 364 g/mol. The van der Waals surface area contributed by atoms with Gasteiger partial charge in [0.15, 0.2) is 0 Å². The van der Waals surface area contributed by atoms with Gasteiger partial charge in [0.2, 0.25) is 20.0 Å². The number of para-hydroxylation sites is 1. The zero-order valence-corrected chi connectivity index (χ0v) is 14.7. The second-order valence-corrected chi connectivity index (χ2v) is 9.59. The molecule has 1 saturated heterocycles. The molecule has 132 valence electrons. The van der Waals surface area contributed by atoms with Crippen molar-refractivity contribution in [2.45, 2.75) is 21.9 Å². The molecule has 0 aliphatic carbocycles. The molecule has 2 aliphatic rings. The number of rotatable bonds is 2. The molecule has 0 radical (unpaired) electrons. The van der Waals surface area contributed by atoms with E-state index in [0.717, 1.165) is 0 Å². The first kappa shape index (κ1) is 16.5. The minimum Gasteiger partial charge on any atom is -0.486 e. The Morgan fingerprint density at radius 1 is 1.00 bits per heavy atom. The molecule has 0 unspecified atom stereocenters. The molecule has 0 spiro atoms. The molecule has 0 bridgehead atoms. The summed E-state index contributed by atoms with van der Waals surface area (Å²) >= 11 is 0. The monoisotopic (exact) mass is 380 g/mol. The van der Waals surface area contributed by atoms with Crippen molar-refractivity contribution in [1.82, 2.24) is 9.03 Å². The molecule has 2 aromatic rings. The van der Waals surface area contributed by atoms with Crippen LogP contribution in [0.1, 0.15) is 0 Å². The first-order valence-electron chi connectivity index (χ1n) is 7.71. The average molecular weight is 380 g/mol. The number of sulfonamides is 2. The fourth-order valence-corrected chi connectivity index (χ4v) is 5.99. The highest BCUT2D eigenvalue weighted by Crippen LogP contribution is 2.32. The molecular formula is C16H16N2O5S2. The number of benzene rings is 2. The van der Waals surface area contributed by atoms with Gasteiger partial charge in [0.1, 0.15) is 16.7 Å². The Labute approximate surface area is 146 Å². The quantitative estimate of drug-likeness (QED) is 0.832. The van der Waals surface area contributed by atoms with Gasteiger partial charge < -0.3 is 4.74 Å². The first-order valence-corrected chi connectivity index (χ1v) is 10.6. The van der Waals surface area contributed by atoms with Crippen LogP contribution in [0.25, 0.3) is 0 Å². The molecule has 7 nitrogen and oxygen atoms in total. The van der Waals surface area contributed by atoms with Gasteiger partial charge >= 0.3 is 0 Å². The van der Waals surface area contributed by atoms with Crippen LogP contribution in [0.15, 0.2) is 64.4 Å². The third-order valence-corrected chi connectivity index (χ3v) is 7.71.